The molecule has 3 N–H and O–H groups in total. The number of hydrogen-bond donors (Lipinski definition) is 3. The van der Waals surface area contributed by atoms with E-state index in [0.717, 1.165) is 30.8 Å². The van der Waals surface area contributed by atoms with E-state index in [4.69, 9.17) is 0 Å². The Morgan fingerprint density at radius 3 is 2.53 bits per heavy atom. The van der Waals surface area contributed by atoms with Crippen molar-refractivity contribution >= 4 is 47.2 Å². The highest BCUT2D eigenvalue weighted by Gasteiger charge is 2.17. The molecule has 1 atom stereocenters. The molecule has 1 saturated heterocycles. The van der Waals surface area contributed by atoms with Crippen LogP contribution in [0, 0.1) is 17.5 Å². The first-order valence-corrected chi connectivity index (χ1v) is 10.1. The van der Waals surface area contributed by atoms with Crippen molar-refractivity contribution in [3.05, 3.63) is 59.4 Å². The number of guanidine groups is 1. The van der Waals surface area contributed by atoms with Crippen LogP contribution in [0.1, 0.15) is 31.4 Å². The lowest BCUT2D eigenvalue weighted by Gasteiger charge is -2.22. The summed E-state index contributed by atoms with van der Waals surface area (Å²) in [6.45, 7) is 3.86. The molecule has 0 spiro atoms. The van der Waals surface area contributed by atoms with E-state index in [1.807, 2.05) is 19.1 Å². The van der Waals surface area contributed by atoms with Gasteiger partial charge in [0.05, 0.1) is 18.3 Å². The van der Waals surface area contributed by atoms with E-state index in [9.17, 15) is 18.0 Å². The summed E-state index contributed by atoms with van der Waals surface area (Å²) < 4.78 is 40.0. The standard InChI is InChI=1S/C22H26F3N5O.HI/c1-14(15-6-5-7-16(12-15)30-10-3-4-11-30)28-22(26-2)27-13-19(31)29-18-9-8-17(23)20(24)21(18)25;/h5-9,12,14H,3-4,10-11,13H2,1-2H3,(H,29,31)(H2,26,27,28);1H. The van der Waals surface area contributed by atoms with Crippen LogP contribution in [0.3, 0.4) is 0 Å². The number of benzene rings is 2. The van der Waals surface area contributed by atoms with Gasteiger partial charge in [-0.3, -0.25) is 9.79 Å². The first-order valence-electron chi connectivity index (χ1n) is 10.1. The van der Waals surface area contributed by atoms with E-state index in [2.05, 4.69) is 38.0 Å². The van der Waals surface area contributed by atoms with Gasteiger partial charge in [-0.2, -0.15) is 0 Å². The fourth-order valence-electron chi connectivity index (χ4n) is 3.43. The van der Waals surface area contributed by atoms with E-state index in [0.29, 0.717) is 5.96 Å². The lowest BCUT2D eigenvalue weighted by molar-refractivity contribution is -0.115. The molecule has 32 heavy (non-hydrogen) atoms. The number of rotatable bonds is 6. The van der Waals surface area contributed by atoms with Gasteiger partial charge in [0.1, 0.15) is 0 Å². The van der Waals surface area contributed by atoms with Crippen LogP contribution in [0.15, 0.2) is 41.4 Å². The molecule has 174 valence electrons. The number of nitrogens with one attached hydrogen (secondary N) is 3. The summed E-state index contributed by atoms with van der Waals surface area (Å²) in [6.07, 6.45) is 2.40. The van der Waals surface area contributed by atoms with Gasteiger partial charge >= 0.3 is 0 Å². The summed E-state index contributed by atoms with van der Waals surface area (Å²) >= 11 is 0. The Balaban J connectivity index is 0.00000363. The van der Waals surface area contributed by atoms with Crippen LogP contribution in [-0.4, -0.2) is 38.5 Å². The van der Waals surface area contributed by atoms with Crippen LogP contribution in [-0.2, 0) is 4.79 Å². The van der Waals surface area contributed by atoms with Crippen molar-refractivity contribution in [2.75, 3.05) is 36.9 Å². The normalized spacial score (nSPS) is 14.5. The molecule has 1 aliphatic heterocycles. The zero-order valence-corrected chi connectivity index (χ0v) is 20.3. The van der Waals surface area contributed by atoms with E-state index in [1.165, 1.54) is 18.5 Å². The Morgan fingerprint density at radius 1 is 1.12 bits per heavy atom. The number of carbonyl (C=O) groups excluding carboxylic acids is 1. The number of amides is 1. The lowest BCUT2D eigenvalue weighted by Crippen LogP contribution is -2.42. The van der Waals surface area contributed by atoms with Gasteiger partial charge in [0.2, 0.25) is 5.91 Å². The summed E-state index contributed by atoms with van der Waals surface area (Å²) in [6, 6.07) is 9.89. The zero-order chi connectivity index (χ0) is 22.4. The molecule has 1 fully saturated rings. The molecular weight excluding hydrogens is 534 g/mol. The van der Waals surface area contributed by atoms with E-state index in [1.54, 1.807) is 7.05 Å². The first-order chi connectivity index (χ1) is 14.9. The minimum atomic E-state index is -1.63. The molecule has 10 heteroatoms. The largest absolute Gasteiger partial charge is 0.372 e. The Labute approximate surface area is 202 Å². The summed E-state index contributed by atoms with van der Waals surface area (Å²) in [5.41, 5.74) is 1.82. The minimum Gasteiger partial charge on any atom is -0.372 e. The van der Waals surface area contributed by atoms with Crippen molar-refractivity contribution < 1.29 is 18.0 Å². The number of halogens is 4. The average Bonchev–Trinajstić information content (AvgIpc) is 3.32. The molecule has 2 aromatic carbocycles. The predicted molar refractivity (Wildman–Crippen MR) is 131 cm³/mol. The van der Waals surface area contributed by atoms with Gasteiger partial charge < -0.3 is 20.9 Å². The fraction of sp³-hybridized carbons (Fsp3) is 0.364. The van der Waals surface area contributed by atoms with Crippen LogP contribution in [0.2, 0.25) is 0 Å². The second-order valence-electron chi connectivity index (χ2n) is 7.35. The molecule has 0 bridgehead atoms. The third-order valence-corrected chi connectivity index (χ3v) is 5.14. The second-order valence-corrected chi connectivity index (χ2v) is 7.35. The molecule has 3 rings (SSSR count). The molecule has 1 aliphatic rings. The van der Waals surface area contributed by atoms with Crippen LogP contribution in [0.25, 0.3) is 0 Å². The van der Waals surface area contributed by atoms with Crippen molar-refractivity contribution in [3.8, 4) is 0 Å². The first kappa shape index (κ1) is 25.8. The van der Waals surface area contributed by atoms with Crippen LogP contribution >= 0.6 is 24.0 Å². The maximum absolute atomic E-state index is 13.7. The quantitative estimate of drug-likeness (QED) is 0.214. The number of carbonyl (C=O) groups is 1. The second kappa shape index (κ2) is 11.9. The number of hydrogen-bond acceptors (Lipinski definition) is 3. The molecule has 6 nitrogen and oxygen atoms in total. The Bertz CT molecular complexity index is 967. The van der Waals surface area contributed by atoms with Crippen molar-refractivity contribution in [3.63, 3.8) is 0 Å². The average molecular weight is 561 g/mol. The minimum absolute atomic E-state index is 0. The molecular formula is C22H27F3IN5O. The van der Waals surface area contributed by atoms with Crippen molar-refractivity contribution in [2.45, 2.75) is 25.8 Å². The smallest absolute Gasteiger partial charge is 0.243 e. The third kappa shape index (κ3) is 6.50. The molecule has 1 unspecified atom stereocenters. The molecule has 1 heterocycles. The van der Waals surface area contributed by atoms with Crippen LogP contribution in [0.5, 0.6) is 0 Å². The number of anilines is 2. The fourth-order valence-corrected chi connectivity index (χ4v) is 3.43. The van der Waals surface area contributed by atoms with Crippen LogP contribution < -0.4 is 20.9 Å². The molecule has 0 aliphatic carbocycles. The maximum atomic E-state index is 13.7. The number of aliphatic imine (C=N–C) groups is 1. The molecule has 0 saturated carbocycles. The highest BCUT2D eigenvalue weighted by Crippen LogP contribution is 2.24. The van der Waals surface area contributed by atoms with Crippen LogP contribution in [0.4, 0.5) is 24.5 Å². The lowest BCUT2D eigenvalue weighted by atomic mass is 10.1. The summed E-state index contributed by atoms with van der Waals surface area (Å²) in [5.74, 6) is -4.65. The van der Waals surface area contributed by atoms with Gasteiger partial charge in [-0.1, -0.05) is 12.1 Å². The van der Waals surface area contributed by atoms with Crippen molar-refractivity contribution in [2.24, 2.45) is 4.99 Å². The molecule has 0 aromatic heterocycles. The van der Waals surface area contributed by atoms with E-state index < -0.39 is 29.0 Å². The van der Waals surface area contributed by atoms with E-state index in [-0.39, 0.29) is 36.6 Å². The maximum Gasteiger partial charge on any atom is 0.243 e. The Hall–Kier alpha value is -2.50. The monoisotopic (exact) mass is 561 g/mol. The molecule has 1 amide bonds. The van der Waals surface area contributed by atoms with Gasteiger partial charge in [0.25, 0.3) is 0 Å². The van der Waals surface area contributed by atoms with Gasteiger partial charge in [-0.15, -0.1) is 24.0 Å². The van der Waals surface area contributed by atoms with Gasteiger partial charge in [0.15, 0.2) is 23.4 Å². The topological polar surface area (TPSA) is 68.8 Å². The van der Waals surface area contributed by atoms with Crippen molar-refractivity contribution in [1.29, 1.82) is 0 Å². The zero-order valence-electron chi connectivity index (χ0n) is 17.9. The van der Waals surface area contributed by atoms with Gasteiger partial charge in [0, 0.05) is 25.8 Å². The van der Waals surface area contributed by atoms with Crippen molar-refractivity contribution in [1.82, 2.24) is 10.6 Å². The van der Waals surface area contributed by atoms with Gasteiger partial charge in [-0.05, 0) is 49.6 Å². The Morgan fingerprint density at radius 2 is 1.84 bits per heavy atom. The highest BCUT2D eigenvalue weighted by molar-refractivity contribution is 14.0. The molecule has 2 aromatic rings. The number of nitrogens with zero attached hydrogens (tertiary/aromatic N) is 2. The molecule has 0 radical (unpaired) electrons. The van der Waals surface area contributed by atoms with Gasteiger partial charge in [-0.25, -0.2) is 13.2 Å². The summed E-state index contributed by atoms with van der Waals surface area (Å²) in [7, 11) is 1.57. The highest BCUT2D eigenvalue weighted by atomic mass is 127. The third-order valence-electron chi connectivity index (χ3n) is 5.14. The summed E-state index contributed by atoms with van der Waals surface area (Å²) in [5, 5.41) is 8.25. The SMILES string of the molecule is CN=C(NCC(=O)Nc1ccc(F)c(F)c1F)NC(C)c1cccc(N2CCCC2)c1.I. The summed E-state index contributed by atoms with van der Waals surface area (Å²) in [4.78, 5) is 18.5. The Kier molecular flexibility index (Phi) is 9.60. The predicted octanol–water partition coefficient (Wildman–Crippen LogP) is 4.19. The van der Waals surface area contributed by atoms with E-state index >= 15 is 0 Å².